The normalized spacial score (nSPS) is 42.4. The first-order valence-electron chi connectivity index (χ1n) is 13.6. The molecule has 0 aromatic rings. The minimum absolute atomic E-state index is 0.0724. The topological polar surface area (TPSA) is 66.8 Å². The highest BCUT2D eigenvalue weighted by Gasteiger charge is 2.59. The summed E-state index contributed by atoms with van der Waals surface area (Å²) in [7, 11) is 0. The molecule has 2 N–H and O–H groups in total. The van der Waals surface area contributed by atoms with Gasteiger partial charge in [-0.1, -0.05) is 32.4 Å². The molecule has 1 unspecified atom stereocenters. The first-order valence-corrected chi connectivity index (χ1v) is 13.6. The van der Waals surface area contributed by atoms with Crippen molar-refractivity contribution < 1.29 is 19.7 Å². The number of carbonyl (C=O) groups excluding carboxylic acids is 1. The molecule has 188 valence electrons. The third-order valence-electron chi connectivity index (χ3n) is 10.9. The highest BCUT2D eigenvalue weighted by atomic mass is 16.5. The SMILES string of the molecule is CC(=O)O[C@H]1CC[C@@]2(C)C(=CC[C@H]3[C@@H]4CC[C@H]([C@H](C)CCC(O)C(C)(C)O)[C@@]4(C)CC[C@@H]32)C1. The minimum Gasteiger partial charge on any atom is -0.462 e. The second-order valence-corrected chi connectivity index (χ2v) is 13.2. The molecule has 4 aliphatic carbocycles. The van der Waals surface area contributed by atoms with E-state index < -0.39 is 11.7 Å². The second kappa shape index (κ2) is 8.97. The van der Waals surface area contributed by atoms with E-state index in [0.29, 0.717) is 17.8 Å². The first-order chi connectivity index (χ1) is 15.4. The molecule has 0 radical (unpaired) electrons. The molecule has 33 heavy (non-hydrogen) atoms. The zero-order valence-electron chi connectivity index (χ0n) is 21.9. The van der Waals surface area contributed by atoms with E-state index in [1.54, 1.807) is 19.4 Å². The van der Waals surface area contributed by atoms with Gasteiger partial charge in [0.1, 0.15) is 6.10 Å². The molecule has 4 nitrogen and oxygen atoms in total. The lowest BCUT2D eigenvalue weighted by Crippen LogP contribution is -2.51. The quantitative estimate of drug-likeness (QED) is 0.374. The van der Waals surface area contributed by atoms with E-state index >= 15 is 0 Å². The van der Waals surface area contributed by atoms with Gasteiger partial charge in [-0.15, -0.1) is 0 Å². The number of carbonyl (C=O) groups is 1. The maximum absolute atomic E-state index is 11.5. The summed E-state index contributed by atoms with van der Waals surface area (Å²) in [5.41, 5.74) is 1.22. The molecule has 9 atom stereocenters. The average molecular weight is 461 g/mol. The van der Waals surface area contributed by atoms with E-state index in [2.05, 4.69) is 26.8 Å². The van der Waals surface area contributed by atoms with Crippen LogP contribution in [0.25, 0.3) is 0 Å². The van der Waals surface area contributed by atoms with E-state index in [0.717, 1.165) is 49.4 Å². The standard InChI is InChI=1S/C29H48O4/c1-18(7-12-26(31)27(3,4)32)23-10-11-24-22-9-8-20-17-21(33-19(2)30)13-15-28(20,5)25(22)14-16-29(23,24)6/h8,18,21-26,31-32H,7,9-17H2,1-6H3/t18-,21+,22+,23-,24+,25+,26?,28+,29-/m1/s1. The summed E-state index contributed by atoms with van der Waals surface area (Å²) in [6, 6.07) is 0. The largest absolute Gasteiger partial charge is 0.462 e. The van der Waals surface area contributed by atoms with Crippen molar-refractivity contribution in [3.8, 4) is 0 Å². The van der Waals surface area contributed by atoms with E-state index in [9.17, 15) is 15.0 Å². The number of rotatable bonds is 6. The molecule has 0 spiro atoms. The van der Waals surface area contributed by atoms with E-state index in [1.165, 1.54) is 39.0 Å². The molecule has 0 aromatic carbocycles. The first kappa shape index (κ1) is 25.2. The van der Waals surface area contributed by atoms with E-state index in [1.807, 2.05) is 0 Å². The Hall–Kier alpha value is -0.870. The van der Waals surface area contributed by atoms with Gasteiger partial charge in [-0.05, 0) is 112 Å². The Labute approximate surface area is 201 Å². The van der Waals surface area contributed by atoms with Crippen molar-refractivity contribution >= 4 is 5.97 Å². The third-order valence-corrected chi connectivity index (χ3v) is 10.9. The number of aliphatic hydroxyl groups is 2. The van der Waals surface area contributed by atoms with Gasteiger partial charge in [0.2, 0.25) is 0 Å². The van der Waals surface area contributed by atoms with Gasteiger partial charge in [0.15, 0.2) is 0 Å². The molecule has 0 aromatic heterocycles. The predicted molar refractivity (Wildman–Crippen MR) is 131 cm³/mol. The number of aliphatic hydroxyl groups excluding tert-OH is 1. The van der Waals surface area contributed by atoms with Crippen LogP contribution >= 0.6 is 0 Å². The van der Waals surface area contributed by atoms with Crippen molar-refractivity contribution in [1.29, 1.82) is 0 Å². The van der Waals surface area contributed by atoms with Crippen LogP contribution in [0.3, 0.4) is 0 Å². The molecule has 0 amide bonds. The van der Waals surface area contributed by atoms with Crippen LogP contribution in [-0.4, -0.2) is 34.0 Å². The number of ether oxygens (including phenoxy) is 1. The molecule has 0 heterocycles. The fourth-order valence-corrected chi connectivity index (χ4v) is 8.91. The van der Waals surface area contributed by atoms with Gasteiger partial charge in [-0.2, -0.15) is 0 Å². The molecule has 4 aliphatic rings. The van der Waals surface area contributed by atoms with Gasteiger partial charge in [0.25, 0.3) is 0 Å². The van der Waals surface area contributed by atoms with Gasteiger partial charge in [0, 0.05) is 13.3 Å². The van der Waals surface area contributed by atoms with Crippen molar-refractivity contribution in [2.45, 2.75) is 124 Å². The highest BCUT2D eigenvalue weighted by molar-refractivity contribution is 5.66. The zero-order chi connectivity index (χ0) is 24.2. The van der Waals surface area contributed by atoms with Crippen LogP contribution in [0.4, 0.5) is 0 Å². The summed E-state index contributed by atoms with van der Waals surface area (Å²) in [6.07, 6.45) is 13.2. The summed E-state index contributed by atoms with van der Waals surface area (Å²) in [5, 5.41) is 20.5. The Kier molecular flexibility index (Phi) is 6.86. The van der Waals surface area contributed by atoms with E-state index in [4.69, 9.17) is 4.74 Å². The van der Waals surface area contributed by atoms with Crippen LogP contribution in [0.1, 0.15) is 106 Å². The number of esters is 1. The van der Waals surface area contributed by atoms with Crippen molar-refractivity contribution in [1.82, 2.24) is 0 Å². The van der Waals surface area contributed by atoms with Crippen LogP contribution in [-0.2, 0) is 9.53 Å². The summed E-state index contributed by atoms with van der Waals surface area (Å²) in [4.78, 5) is 11.5. The molecule has 0 saturated heterocycles. The molecule has 0 aliphatic heterocycles. The Morgan fingerprint density at radius 3 is 2.55 bits per heavy atom. The van der Waals surface area contributed by atoms with Crippen LogP contribution in [0.5, 0.6) is 0 Å². The van der Waals surface area contributed by atoms with E-state index in [-0.39, 0.29) is 17.5 Å². The average Bonchev–Trinajstić information content (AvgIpc) is 3.08. The number of fused-ring (bicyclic) bond motifs is 5. The molecular formula is C29H48O4. The molecule has 3 saturated carbocycles. The molecule has 0 bridgehead atoms. The van der Waals surface area contributed by atoms with Gasteiger partial charge in [-0.3, -0.25) is 4.79 Å². The van der Waals surface area contributed by atoms with Crippen molar-refractivity contribution in [2.24, 2.45) is 40.4 Å². The van der Waals surface area contributed by atoms with Crippen LogP contribution in [0, 0.1) is 40.4 Å². The smallest absolute Gasteiger partial charge is 0.302 e. The van der Waals surface area contributed by atoms with Gasteiger partial charge >= 0.3 is 5.97 Å². The Balaban J connectivity index is 1.46. The summed E-state index contributed by atoms with van der Waals surface area (Å²) >= 11 is 0. The maximum Gasteiger partial charge on any atom is 0.302 e. The lowest BCUT2D eigenvalue weighted by molar-refractivity contribution is -0.148. The minimum atomic E-state index is -1.02. The number of hydrogen-bond acceptors (Lipinski definition) is 4. The molecule has 4 rings (SSSR count). The summed E-state index contributed by atoms with van der Waals surface area (Å²) < 4.78 is 5.59. The zero-order valence-corrected chi connectivity index (χ0v) is 21.9. The van der Waals surface area contributed by atoms with Crippen molar-refractivity contribution in [3.63, 3.8) is 0 Å². The predicted octanol–water partition coefficient (Wildman–Crippen LogP) is 6.05. The monoisotopic (exact) mass is 460 g/mol. The van der Waals surface area contributed by atoms with Gasteiger partial charge in [0.05, 0.1) is 11.7 Å². The molecule has 3 fully saturated rings. The van der Waals surface area contributed by atoms with Crippen LogP contribution < -0.4 is 0 Å². The maximum atomic E-state index is 11.5. The van der Waals surface area contributed by atoms with Crippen LogP contribution in [0.15, 0.2) is 11.6 Å². The fourth-order valence-electron chi connectivity index (χ4n) is 8.91. The Morgan fingerprint density at radius 2 is 1.88 bits per heavy atom. The summed E-state index contributed by atoms with van der Waals surface area (Å²) in [5.74, 6) is 3.49. The third kappa shape index (κ3) is 4.56. The van der Waals surface area contributed by atoms with Crippen molar-refractivity contribution in [2.75, 3.05) is 0 Å². The summed E-state index contributed by atoms with van der Waals surface area (Å²) in [6.45, 7) is 12.4. The lowest BCUT2D eigenvalue weighted by atomic mass is 9.47. The van der Waals surface area contributed by atoms with Gasteiger partial charge in [-0.25, -0.2) is 0 Å². The molecule has 4 heteroatoms. The van der Waals surface area contributed by atoms with Crippen molar-refractivity contribution in [3.05, 3.63) is 11.6 Å². The van der Waals surface area contributed by atoms with Gasteiger partial charge < -0.3 is 14.9 Å². The van der Waals surface area contributed by atoms with Crippen LogP contribution in [0.2, 0.25) is 0 Å². The Morgan fingerprint density at radius 1 is 1.15 bits per heavy atom. The number of hydrogen-bond donors (Lipinski definition) is 2. The molecular weight excluding hydrogens is 412 g/mol. The lowest BCUT2D eigenvalue weighted by Gasteiger charge is -2.58. The Bertz CT molecular complexity index is 766. The number of allylic oxidation sites excluding steroid dienone is 1. The fraction of sp³-hybridized carbons (Fsp3) is 0.897. The highest BCUT2D eigenvalue weighted by Crippen LogP contribution is 2.67. The second-order valence-electron chi connectivity index (χ2n) is 13.2.